The Morgan fingerprint density at radius 3 is 1.43 bits per heavy atom. The van der Waals surface area contributed by atoms with Gasteiger partial charge in [-0.15, -0.1) is 0 Å². The maximum Gasteiger partial charge on any atom is -0.00583 e. The van der Waals surface area contributed by atoms with Crippen LogP contribution in [0.15, 0.2) is 33.4 Å². The van der Waals surface area contributed by atoms with Crippen LogP contribution in [-0.2, 0) is 0 Å². The van der Waals surface area contributed by atoms with E-state index in [9.17, 15) is 0 Å². The summed E-state index contributed by atoms with van der Waals surface area (Å²) in [7, 11) is 0. The van der Waals surface area contributed by atoms with Crippen LogP contribution >= 0.6 is 0 Å². The van der Waals surface area contributed by atoms with Crippen molar-refractivity contribution in [2.75, 3.05) is 0 Å². The second kappa shape index (κ2) is 3.42. The maximum atomic E-state index is 2.31. The van der Waals surface area contributed by atoms with Gasteiger partial charge in [-0.3, -0.25) is 0 Å². The fourth-order valence-electron chi connectivity index (χ4n) is 3.08. The van der Waals surface area contributed by atoms with Gasteiger partial charge in [0.05, 0.1) is 0 Å². The average Bonchev–Trinajstić information content (AvgIpc) is 2.58. The normalized spacial score (nSPS) is 21.4. The summed E-state index contributed by atoms with van der Waals surface area (Å²) in [6, 6.07) is 0. The van der Waals surface area contributed by atoms with Crippen LogP contribution in [0.4, 0.5) is 0 Å². The van der Waals surface area contributed by atoms with Crippen molar-refractivity contribution in [3.63, 3.8) is 0 Å². The van der Waals surface area contributed by atoms with Crippen LogP contribution in [0.1, 0.15) is 53.4 Å². The molecule has 0 aromatic heterocycles. The third kappa shape index (κ3) is 1.20. The van der Waals surface area contributed by atoms with Gasteiger partial charge in [-0.1, -0.05) is 25.0 Å². The standard InChI is InChI=1S/C14H20/c1-5-11-9(3)7-14-12(6-2)10(4)8-13(11)14/h5-8H2,1-4H3. The molecule has 0 spiro atoms. The second-order valence-electron chi connectivity index (χ2n) is 4.54. The molecule has 0 nitrogen and oxygen atoms in total. The summed E-state index contributed by atoms with van der Waals surface area (Å²) in [4.78, 5) is 0. The van der Waals surface area contributed by atoms with Gasteiger partial charge < -0.3 is 0 Å². The van der Waals surface area contributed by atoms with Gasteiger partial charge in [-0.05, 0) is 61.8 Å². The highest BCUT2D eigenvalue weighted by atomic mass is 14.3. The van der Waals surface area contributed by atoms with Gasteiger partial charge in [-0.25, -0.2) is 0 Å². The van der Waals surface area contributed by atoms with Crippen molar-refractivity contribution in [3.05, 3.63) is 33.4 Å². The Balaban J connectivity index is 2.36. The minimum atomic E-state index is 1.22. The Hall–Kier alpha value is -0.780. The summed E-state index contributed by atoms with van der Waals surface area (Å²) >= 11 is 0. The summed E-state index contributed by atoms with van der Waals surface area (Å²) in [5.41, 5.74) is 9.91. The van der Waals surface area contributed by atoms with Gasteiger partial charge in [-0.2, -0.15) is 0 Å². The summed E-state index contributed by atoms with van der Waals surface area (Å²) in [6.07, 6.45) is 4.90. The molecule has 2 aliphatic rings. The van der Waals surface area contributed by atoms with Crippen LogP contribution in [0.25, 0.3) is 0 Å². The van der Waals surface area contributed by atoms with Crippen LogP contribution in [0.2, 0.25) is 0 Å². The Labute approximate surface area is 87.4 Å². The minimum absolute atomic E-state index is 1.22. The van der Waals surface area contributed by atoms with Crippen LogP contribution in [-0.4, -0.2) is 0 Å². The van der Waals surface area contributed by atoms with Crippen molar-refractivity contribution < 1.29 is 0 Å². The SMILES string of the molecule is CCC1=C(C)CC2=C1CC(C)=C2CC. The number of rotatable bonds is 2. The topological polar surface area (TPSA) is 0 Å². The van der Waals surface area contributed by atoms with Gasteiger partial charge in [0, 0.05) is 0 Å². The zero-order chi connectivity index (χ0) is 10.3. The summed E-state index contributed by atoms with van der Waals surface area (Å²) in [5, 5.41) is 0. The molecule has 0 amide bonds. The molecule has 0 heteroatoms. The lowest BCUT2D eigenvalue weighted by Gasteiger charge is -2.07. The quantitative estimate of drug-likeness (QED) is 0.596. The molecular weight excluding hydrogens is 168 g/mol. The lowest BCUT2D eigenvalue weighted by Crippen LogP contribution is -1.87. The van der Waals surface area contributed by atoms with E-state index in [0.29, 0.717) is 0 Å². The predicted molar refractivity (Wildman–Crippen MR) is 62.2 cm³/mol. The van der Waals surface area contributed by atoms with E-state index in [2.05, 4.69) is 27.7 Å². The van der Waals surface area contributed by atoms with Crippen molar-refractivity contribution in [2.24, 2.45) is 0 Å². The molecule has 0 saturated heterocycles. The van der Waals surface area contributed by atoms with Gasteiger partial charge in [0.2, 0.25) is 0 Å². The van der Waals surface area contributed by atoms with Gasteiger partial charge in [0.15, 0.2) is 0 Å². The van der Waals surface area contributed by atoms with E-state index in [0.717, 1.165) is 0 Å². The number of allylic oxidation sites excluding steroid dienone is 6. The van der Waals surface area contributed by atoms with E-state index < -0.39 is 0 Å². The Morgan fingerprint density at radius 2 is 1.14 bits per heavy atom. The molecule has 2 aliphatic carbocycles. The Kier molecular flexibility index (Phi) is 2.38. The molecule has 76 valence electrons. The first-order valence-corrected chi connectivity index (χ1v) is 5.79. The summed E-state index contributed by atoms with van der Waals surface area (Å²) in [5.74, 6) is 0. The van der Waals surface area contributed by atoms with Gasteiger partial charge in [0.1, 0.15) is 0 Å². The van der Waals surface area contributed by atoms with Crippen molar-refractivity contribution in [2.45, 2.75) is 53.4 Å². The molecule has 0 unspecified atom stereocenters. The Morgan fingerprint density at radius 1 is 0.786 bits per heavy atom. The van der Waals surface area contributed by atoms with Crippen LogP contribution in [0.3, 0.4) is 0 Å². The molecule has 0 aromatic rings. The number of hydrogen-bond acceptors (Lipinski definition) is 0. The largest absolute Gasteiger partial charge is 0.0654 e. The molecule has 0 N–H and O–H groups in total. The summed E-state index contributed by atoms with van der Waals surface area (Å²) in [6.45, 7) is 9.18. The molecule has 0 saturated carbocycles. The van der Waals surface area contributed by atoms with Crippen molar-refractivity contribution in [1.29, 1.82) is 0 Å². The molecular formula is C14H20. The van der Waals surface area contributed by atoms with Crippen molar-refractivity contribution in [3.8, 4) is 0 Å². The molecule has 0 bridgehead atoms. The van der Waals surface area contributed by atoms with E-state index in [1.165, 1.54) is 25.7 Å². The third-order valence-corrected chi connectivity index (χ3v) is 3.71. The zero-order valence-corrected chi connectivity index (χ0v) is 9.83. The van der Waals surface area contributed by atoms with Crippen molar-refractivity contribution >= 4 is 0 Å². The first-order chi connectivity index (χ1) is 6.69. The lowest BCUT2D eigenvalue weighted by molar-refractivity contribution is 1.00. The summed E-state index contributed by atoms with van der Waals surface area (Å²) < 4.78 is 0. The smallest absolute Gasteiger partial charge is 0.00583 e. The fraction of sp³-hybridized carbons (Fsp3) is 0.571. The molecule has 2 rings (SSSR count). The lowest BCUT2D eigenvalue weighted by atomic mass is 9.99. The predicted octanol–water partition coefficient (Wildman–Crippen LogP) is 4.54. The zero-order valence-electron chi connectivity index (χ0n) is 9.83. The van der Waals surface area contributed by atoms with E-state index in [1.807, 2.05) is 0 Å². The van der Waals surface area contributed by atoms with E-state index >= 15 is 0 Å². The molecule has 14 heavy (non-hydrogen) atoms. The third-order valence-electron chi connectivity index (χ3n) is 3.71. The van der Waals surface area contributed by atoms with Gasteiger partial charge in [0.25, 0.3) is 0 Å². The molecule has 0 fully saturated rings. The minimum Gasteiger partial charge on any atom is -0.0654 e. The highest BCUT2D eigenvalue weighted by Crippen LogP contribution is 2.47. The highest BCUT2D eigenvalue weighted by Gasteiger charge is 2.28. The molecule has 0 radical (unpaired) electrons. The van der Waals surface area contributed by atoms with E-state index in [-0.39, 0.29) is 0 Å². The van der Waals surface area contributed by atoms with E-state index in [1.54, 1.807) is 33.4 Å². The first-order valence-electron chi connectivity index (χ1n) is 5.79. The average molecular weight is 188 g/mol. The molecule has 0 atom stereocenters. The van der Waals surface area contributed by atoms with E-state index in [4.69, 9.17) is 0 Å². The van der Waals surface area contributed by atoms with Crippen molar-refractivity contribution in [1.82, 2.24) is 0 Å². The maximum absolute atomic E-state index is 2.31. The molecule has 0 aromatic carbocycles. The molecule has 0 heterocycles. The highest BCUT2D eigenvalue weighted by molar-refractivity contribution is 5.60. The monoisotopic (exact) mass is 188 g/mol. The van der Waals surface area contributed by atoms with Crippen LogP contribution in [0, 0.1) is 0 Å². The van der Waals surface area contributed by atoms with Gasteiger partial charge >= 0.3 is 0 Å². The fourth-order valence-corrected chi connectivity index (χ4v) is 3.08. The Bertz CT molecular complexity index is 325. The second-order valence-corrected chi connectivity index (χ2v) is 4.54. The first kappa shape index (κ1) is 9.76. The van der Waals surface area contributed by atoms with Crippen LogP contribution in [0.5, 0.6) is 0 Å². The number of hydrogen-bond donors (Lipinski definition) is 0. The molecule has 0 aliphatic heterocycles. The van der Waals surface area contributed by atoms with Crippen LogP contribution < -0.4 is 0 Å².